The van der Waals surface area contributed by atoms with E-state index in [4.69, 9.17) is 9.47 Å². The number of sulfone groups is 1. The normalized spacial score (nSPS) is 11.0. The summed E-state index contributed by atoms with van der Waals surface area (Å²) in [6, 6.07) is 12.2. The summed E-state index contributed by atoms with van der Waals surface area (Å²) < 4.78 is 32.8. The first-order valence-corrected chi connectivity index (χ1v) is 7.95. The van der Waals surface area contributed by atoms with E-state index < -0.39 is 15.8 Å². The fourth-order valence-corrected chi connectivity index (χ4v) is 2.28. The predicted octanol–water partition coefficient (Wildman–Crippen LogP) is 2.32. The molecule has 0 radical (unpaired) electrons. The number of ether oxygens (including phenoxy) is 2. The molecular formula is C15H14O5S. The predicted molar refractivity (Wildman–Crippen MR) is 77.5 cm³/mol. The van der Waals surface area contributed by atoms with E-state index in [1.807, 2.05) is 0 Å². The standard InChI is InChI=1S/C15H14O5S/c1-19-12-5-3-11(4-6-12)15(16)20-13-7-9-14(10-8-13)21(2,17)18/h3-10H,1-2H3. The van der Waals surface area contributed by atoms with Crippen LogP contribution in [-0.2, 0) is 9.84 Å². The van der Waals surface area contributed by atoms with Crippen LogP contribution in [0.25, 0.3) is 0 Å². The maximum Gasteiger partial charge on any atom is 0.343 e. The van der Waals surface area contributed by atoms with Gasteiger partial charge in [-0.2, -0.15) is 0 Å². The summed E-state index contributed by atoms with van der Waals surface area (Å²) in [4.78, 5) is 12.1. The van der Waals surface area contributed by atoms with Gasteiger partial charge in [0.1, 0.15) is 11.5 Å². The molecule has 110 valence electrons. The van der Waals surface area contributed by atoms with Crippen LogP contribution in [-0.4, -0.2) is 27.8 Å². The Balaban J connectivity index is 2.12. The van der Waals surface area contributed by atoms with Crippen molar-refractivity contribution in [3.05, 3.63) is 54.1 Å². The number of rotatable bonds is 4. The van der Waals surface area contributed by atoms with Crippen molar-refractivity contribution in [2.45, 2.75) is 4.90 Å². The molecule has 0 N–H and O–H groups in total. The molecule has 0 amide bonds. The first-order chi connectivity index (χ1) is 9.90. The van der Waals surface area contributed by atoms with E-state index in [2.05, 4.69) is 0 Å². The molecule has 0 atom stereocenters. The summed E-state index contributed by atoms with van der Waals surface area (Å²) in [6.45, 7) is 0. The van der Waals surface area contributed by atoms with Crippen LogP contribution in [0.4, 0.5) is 0 Å². The van der Waals surface area contributed by atoms with E-state index in [-0.39, 0.29) is 10.6 Å². The molecule has 0 bridgehead atoms. The second-order valence-corrected chi connectivity index (χ2v) is 6.38. The minimum absolute atomic E-state index is 0.173. The van der Waals surface area contributed by atoms with Crippen molar-refractivity contribution in [1.82, 2.24) is 0 Å². The van der Waals surface area contributed by atoms with Crippen molar-refractivity contribution < 1.29 is 22.7 Å². The van der Waals surface area contributed by atoms with E-state index >= 15 is 0 Å². The first-order valence-electron chi connectivity index (χ1n) is 6.06. The first kappa shape index (κ1) is 15.1. The molecule has 0 aliphatic heterocycles. The van der Waals surface area contributed by atoms with Crippen LogP contribution in [0.3, 0.4) is 0 Å². The average molecular weight is 306 g/mol. The molecule has 0 saturated carbocycles. The molecule has 0 spiro atoms. The molecule has 0 fully saturated rings. The minimum atomic E-state index is -3.26. The third-order valence-electron chi connectivity index (χ3n) is 2.79. The highest BCUT2D eigenvalue weighted by atomic mass is 32.2. The number of esters is 1. The molecule has 6 heteroatoms. The van der Waals surface area contributed by atoms with Crippen molar-refractivity contribution in [3.63, 3.8) is 0 Å². The van der Waals surface area contributed by atoms with Crippen molar-refractivity contribution in [2.75, 3.05) is 13.4 Å². The summed E-state index contributed by atoms with van der Waals surface area (Å²) in [5.41, 5.74) is 0.378. The Labute approximate surface area is 123 Å². The van der Waals surface area contributed by atoms with Crippen LogP contribution < -0.4 is 9.47 Å². The van der Waals surface area contributed by atoms with Gasteiger partial charge in [-0.25, -0.2) is 13.2 Å². The van der Waals surface area contributed by atoms with Gasteiger partial charge in [0.2, 0.25) is 0 Å². The van der Waals surface area contributed by atoms with E-state index in [9.17, 15) is 13.2 Å². The summed E-state index contributed by atoms with van der Waals surface area (Å²) in [5.74, 6) is 0.400. The minimum Gasteiger partial charge on any atom is -0.497 e. The number of benzene rings is 2. The smallest absolute Gasteiger partial charge is 0.343 e. The summed E-state index contributed by atoms with van der Waals surface area (Å²) in [5, 5.41) is 0. The Morgan fingerprint density at radius 1 is 0.905 bits per heavy atom. The zero-order chi connectivity index (χ0) is 15.5. The molecule has 0 aliphatic rings. The van der Waals surface area contributed by atoms with Gasteiger partial charge in [-0.3, -0.25) is 0 Å². The van der Waals surface area contributed by atoms with Gasteiger partial charge in [0, 0.05) is 6.26 Å². The van der Waals surface area contributed by atoms with Crippen LogP contribution in [0, 0.1) is 0 Å². The number of hydrogen-bond acceptors (Lipinski definition) is 5. The fraction of sp³-hybridized carbons (Fsp3) is 0.133. The lowest BCUT2D eigenvalue weighted by Gasteiger charge is -2.06. The van der Waals surface area contributed by atoms with Gasteiger partial charge in [0.15, 0.2) is 9.84 Å². The summed E-state index contributed by atoms with van der Waals surface area (Å²) in [7, 11) is -1.72. The van der Waals surface area contributed by atoms with Crippen molar-refractivity contribution in [3.8, 4) is 11.5 Å². The molecule has 5 nitrogen and oxygen atoms in total. The van der Waals surface area contributed by atoms with Gasteiger partial charge in [-0.05, 0) is 48.5 Å². The second kappa shape index (κ2) is 5.97. The molecule has 0 aromatic heterocycles. The summed E-state index contributed by atoms with van der Waals surface area (Å²) >= 11 is 0. The van der Waals surface area contributed by atoms with Crippen molar-refractivity contribution in [1.29, 1.82) is 0 Å². The van der Waals surface area contributed by atoms with Crippen molar-refractivity contribution in [2.24, 2.45) is 0 Å². The van der Waals surface area contributed by atoms with Crippen LogP contribution in [0.2, 0.25) is 0 Å². The van der Waals surface area contributed by atoms with E-state index in [1.54, 1.807) is 24.3 Å². The number of hydrogen-bond donors (Lipinski definition) is 0. The molecule has 21 heavy (non-hydrogen) atoms. The average Bonchev–Trinajstić information content (AvgIpc) is 2.47. The molecule has 2 rings (SSSR count). The SMILES string of the molecule is COc1ccc(C(=O)Oc2ccc(S(C)(=O)=O)cc2)cc1. The molecule has 2 aromatic carbocycles. The Morgan fingerprint density at radius 2 is 1.43 bits per heavy atom. The zero-order valence-corrected chi connectivity index (χ0v) is 12.4. The van der Waals surface area contributed by atoms with Gasteiger partial charge < -0.3 is 9.47 Å². The van der Waals surface area contributed by atoms with Crippen LogP contribution in [0.1, 0.15) is 10.4 Å². The monoisotopic (exact) mass is 306 g/mol. The van der Waals surface area contributed by atoms with Crippen LogP contribution >= 0.6 is 0 Å². The summed E-state index contributed by atoms with van der Waals surface area (Å²) in [6.07, 6.45) is 1.12. The Bertz CT molecular complexity index is 731. The van der Waals surface area contributed by atoms with Gasteiger partial charge in [0.25, 0.3) is 0 Å². The molecule has 0 aliphatic carbocycles. The fourth-order valence-electron chi connectivity index (χ4n) is 1.65. The molecule has 0 saturated heterocycles. The number of carbonyl (C=O) groups is 1. The number of methoxy groups -OCH3 is 1. The Morgan fingerprint density at radius 3 is 1.90 bits per heavy atom. The molecular weight excluding hydrogens is 292 g/mol. The van der Waals surface area contributed by atoms with Gasteiger partial charge >= 0.3 is 5.97 Å². The van der Waals surface area contributed by atoms with Crippen LogP contribution in [0.15, 0.2) is 53.4 Å². The van der Waals surface area contributed by atoms with E-state index in [0.717, 1.165) is 6.26 Å². The highest BCUT2D eigenvalue weighted by molar-refractivity contribution is 7.90. The van der Waals surface area contributed by atoms with Gasteiger partial charge in [0.05, 0.1) is 17.6 Å². The highest BCUT2D eigenvalue weighted by Gasteiger charge is 2.10. The molecule has 0 heterocycles. The maximum absolute atomic E-state index is 11.9. The Kier molecular flexibility index (Phi) is 4.28. The topological polar surface area (TPSA) is 69.7 Å². The lowest BCUT2D eigenvalue weighted by Crippen LogP contribution is -2.08. The largest absolute Gasteiger partial charge is 0.497 e. The third kappa shape index (κ3) is 3.82. The van der Waals surface area contributed by atoms with Crippen LogP contribution in [0.5, 0.6) is 11.5 Å². The molecule has 2 aromatic rings. The molecule has 0 unspecified atom stereocenters. The third-order valence-corrected chi connectivity index (χ3v) is 3.92. The maximum atomic E-state index is 11.9. The Hall–Kier alpha value is -2.34. The number of carbonyl (C=O) groups excluding carboxylic acids is 1. The zero-order valence-electron chi connectivity index (χ0n) is 11.6. The second-order valence-electron chi connectivity index (χ2n) is 4.36. The lowest BCUT2D eigenvalue weighted by molar-refractivity contribution is 0.0734. The quantitative estimate of drug-likeness (QED) is 0.640. The van der Waals surface area contributed by atoms with E-state index in [0.29, 0.717) is 11.3 Å². The lowest BCUT2D eigenvalue weighted by atomic mass is 10.2. The highest BCUT2D eigenvalue weighted by Crippen LogP contribution is 2.18. The van der Waals surface area contributed by atoms with Gasteiger partial charge in [-0.1, -0.05) is 0 Å². The van der Waals surface area contributed by atoms with Crippen molar-refractivity contribution >= 4 is 15.8 Å². The van der Waals surface area contributed by atoms with Gasteiger partial charge in [-0.15, -0.1) is 0 Å². The van der Waals surface area contributed by atoms with E-state index in [1.165, 1.54) is 31.4 Å².